The Morgan fingerprint density at radius 2 is 2.06 bits per heavy atom. The molecule has 3 rings (SSSR count). The Morgan fingerprint density at radius 3 is 2.70 bits per heavy atom. The van der Waals surface area contributed by atoms with Crippen LogP contribution in [0.4, 0.5) is 4.39 Å². The number of hydrogen-bond acceptors (Lipinski definition) is 8. The van der Waals surface area contributed by atoms with Gasteiger partial charge in [0, 0.05) is 28.8 Å². The lowest BCUT2D eigenvalue weighted by Crippen LogP contribution is -2.39. The topological polar surface area (TPSA) is 160 Å². The number of carbonyl (C=O) groups excluding carboxylic acids is 2. The zero-order chi connectivity index (χ0) is 23.3. The Morgan fingerprint density at radius 1 is 1.30 bits per heavy atom. The van der Waals surface area contributed by atoms with Crippen molar-refractivity contribution in [3.05, 3.63) is 57.3 Å². The number of nitrogens with one attached hydrogen (secondary N) is 3. The maximum Gasteiger partial charge on any atom is 0.353 e. The number of benzene rings is 1. The molecule has 0 aliphatic heterocycles. The van der Waals surface area contributed by atoms with Gasteiger partial charge < -0.3 is 15.8 Å². The van der Waals surface area contributed by atoms with Crippen LogP contribution >= 0.6 is 23.7 Å². The fourth-order valence-electron chi connectivity index (χ4n) is 2.82. The fourth-order valence-corrected chi connectivity index (χ4v) is 3.93. The van der Waals surface area contributed by atoms with Crippen LogP contribution < -0.4 is 15.8 Å². The quantitative estimate of drug-likeness (QED) is 0.153. The van der Waals surface area contributed by atoms with Gasteiger partial charge in [-0.1, -0.05) is 19.1 Å². The van der Waals surface area contributed by atoms with E-state index in [-0.39, 0.29) is 40.3 Å². The second-order valence-electron chi connectivity index (χ2n) is 7.61. The zero-order valence-electron chi connectivity index (χ0n) is 17.8. The monoisotopic (exact) mass is 495 g/mol. The lowest BCUT2D eigenvalue weighted by molar-refractivity contribution is -0.129. The molecule has 0 fully saturated rings. The first kappa shape index (κ1) is 25.9. The van der Waals surface area contributed by atoms with Gasteiger partial charge in [0.1, 0.15) is 10.7 Å². The minimum atomic E-state index is -0.790. The summed E-state index contributed by atoms with van der Waals surface area (Å²) in [5.41, 5.74) is 4.79. The van der Waals surface area contributed by atoms with Crippen LogP contribution in [0.5, 0.6) is 5.75 Å². The van der Waals surface area contributed by atoms with E-state index in [1.54, 1.807) is 26.0 Å². The number of aromatic amines is 1. The van der Waals surface area contributed by atoms with E-state index < -0.39 is 17.2 Å². The van der Waals surface area contributed by atoms with E-state index in [1.807, 2.05) is 0 Å². The third-order valence-corrected chi connectivity index (χ3v) is 5.63. The third-order valence-electron chi connectivity index (χ3n) is 4.56. The number of thiophene rings is 1. The highest BCUT2D eigenvalue weighted by atomic mass is 35.5. The lowest BCUT2D eigenvalue weighted by atomic mass is 9.87. The van der Waals surface area contributed by atoms with Gasteiger partial charge in [-0.3, -0.25) is 10.2 Å². The van der Waals surface area contributed by atoms with Crippen molar-refractivity contribution in [3.8, 4) is 5.75 Å². The Bertz CT molecular complexity index is 1130. The molecule has 0 radical (unpaired) electrons. The SMILES string of the molecule is CC(C)(Cc1ccc(C(=O)Oc2ccc(C(=N)N)cc2F)s1)C(=O)NCCc1nn[nH]n1.Cl. The number of esters is 1. The van der Waals surface area contributed by atoms with E-state index in [0.29, 0.717) is 25.2 Å². The molecule has 0 unspecified atom stereocenters. The summed E-state index contributed by atoms with van der Waals surface area (Å²) in [5.74, 6) is -1.68. The summed E-state index contributed by atoms with van der Waals surface area (Å²) < 4.78 is 19.2. The van der Waals surface area contributed by atoms with Gasteiger partial charge >= 0.3 is 5.97 Å². The molecule has 3 aromatic rings. The van der Waals surface area contributed by atoms with Gasteiger partial charge in [0.2, 0.25) is 5.91 Å². The standard InChI is InChI=1S/C20H22FN7O3S.ClH/c1-20(2,19(30)24-8-7-16-25-27-28-26-16)10-12-4-6-15(32-12)18(29)31-14-5-3-11(17(22)23)9-13(14)21;/h3-6,9H,7-8,10H2,1-2H3,(H3,22,23)(H,24,30)(H,25,26,27,28);1H. The van der Waals surface area contributed by atoms with Crippen LogP contribution in [0.15, 0.2) is 30.3 Å². The van der Waals surface area contributed by atoms with Gasteiger partial charge in [-0.25, -0.2) is 9.18 Å². The number of ether oxygens (including phenoxy) is 1. The minimum Gasteiger partial charge on any atom is -0.419 e. The number of amides is 1. The van der Waals surface area contributed by atoms with Gasteiger partial charge in [-0.15, -0.1) is 33.9 Å². The van der Waals surface area contributed by atoms with Crippen molar-refractivity contribution < 1.29 is 18.7 Å². The summed E-state index contributed by atoms with van der Waals surface area (Å²) in [6, 6.07) is 7.00. The highest BCUT2D eigenvalue weighted by Gasteiger charge is 2.29. The first-order valence-corrected chi connectivity index (χ1v) is 10.4. The van der Waals surface area contributed by atoms with Crippen LogP contribution in [-0.4, -0.2) is 44.9 Å². The van der Waals surface area contributed by atoms with Crippen LogP contribution in [0.2, 0.25) is 0 Å². The van der Waals surface area contributed by atoms with Crippen LogP contribution in [0.1, 0.15) is 39.8 Å². The number of rotatable bonds is 9. The van der Waals surface area contributed by atoms with Crippen molar-refractivity contribution in [2.75, 3.05) is 6.54 Å². The smallest absolute Gasteiger partial charge is 0.353 e. The van der Waals surface area contributed by atoms with E-state index in [1.165, 1.54) is 23.5 Å². The summed E-state index contributed by atoms with van der Waals surface area (Å²) in [7, 11) is 0. The number of carbonyl (C=O) groups is 2. The molecule has 0 saturated carbocycles. The van der Waals surface area contributed by atoms with E-state index in [9.17, 15) is 14.0 Å². The fraction of sp³-hybridized carbons (Fsp3) is 0.300. The number of aromatic nitrogens is 4. The number of nitrogens with two attached hydrogens (primary N) is 1. The largest absolute Gasteiger partial charge is 0.419 e. The summed E-state index contributed by atoms with van der Waals surface area (Å²) in [6.07, 6.45) is 0.859. The lowest BCUT2D eigenvalue weighted by Gasteiger charge is -2.22. The molecule has 2 aromatic heterocycles. The number of nitrogen functional groups attached to an aromatic ring is 1. The summed E-state index contributed by atoms with van der Waals surface area (Å²) in [5, 5.41) is 23.6. The summed E-state index contributed by atoms with van der Waals surface area (Å²) >= 11 is 1.18. The molecular weight excluding hydrogens is 473 g/mol. The second-order valence-corrected chi connectivity index (χ2v) is 8.78. The minimum absolute atomic E-state index is 0. The third kappa shape index (κ3) is 6.80. The van der Waals surface area contributed by atoms with E-state index >= 15 is 0 Å². The first-order valence-electron chi connectivity index (χ1n) is 9.61. The van der Waals surface area contributed by atoms with E-state index in [0.717, 1.165) is 10.9 Å². The molecule has 13 heteroatoms. The molecule has 0 atom stereocenters. The molecule has 1 aromatic carbocycles. The van der Waals surface area contributed by atoms with Crippen molar-refractivity contribution in [2.45, 2.75) is 26.7 Å². The number of H-pyrrole nitrogens is 1. The van der Waals surface area contributed by atoms with Crippen LogP contribution in [-0.2, 0) is 17.6 Å². The van der Waals surface area contributed by atoms with Crippen molar-refractivity contribution >= 4 is 41.5 Å². The highest BCUT2D eigenvalue weighted by molar-refractivity contribution is 7.14. The van der Waals surface area contributed by atoms with Crippen molar-refractivity contribution in [1.82, 2.24) is 25.9 Å². The molecule has 33 heavy (non-hydrogen) atoms. The van der Waals surface area contributed by atoms with Gasteiger partial charge in [-0.05, 0) is 36.8 Å². The van der Waals surface area contributed by atoms with Crippen molar-refractivity contribution in [1.29, 1.82) is 5.41 Å². The Hall–Kier alpha value is -3.38. The molecule has 10 nitrogen and oxygen atoms in total. The van der Waals surface area contributed by atoms with Crippen molar-refractivity contribution in [3.63, 3.8) is 0 Å². The summed E-state index contributed by atoms with van der Waals surface area (Å²) in [4.78, 5) is 26.1. The van der Waals surface area contributed by atoms with Crippen LogP contribution in [0, 0.1) is 16.6 Å². The normalized spacial score (nSPS) is 10.9. The number of hydrogen-bond donors (Lipinski definition) is 4. The predicted molar refractivity (Wildman–Crippen MR) is 122 cm³/mol. The van der Waals surface area contributed by atoms with Crippen LogP contribution in [0.25, 0.3) is 0 Å². The van der Waals surface area contributed by atoms with E-state index in [4.69, 9.17) is 15.9 Å². The first-order chi connectivity index (χ1) is 15.2. The maximum atomic E-state index is 14.1. The Balaban J connectivity index is 0.00000385. The molecule has 0 aliphatic carbocycles. The Labute approximate surface area is 199 Å². The van der Waals surface area contributed by atoms with Gasteiger partial charge in [0.25, 0.3) is 0 Å². The molecule has 0 bridgehead atoms. The molecule has 0 aliphatic rings. The molecule has 1 amide bonds. The number of halogens is 2. The maximum absolute atomic E-state index is 14.1. The van der Waals surface area contributed by atoms with E-state index in [2.05, 4.69) is 25.9 Å². The number of nitrogens with zero attached hydrogens (tertiary/aromatic N) is 3. The van der Waals surface area contributed by atoms with Crippen LogP contribution in [0.3, 0.4) is 0 Å². The highest BCUT2D eigenvalue weighted by Crippen LogP contribution is 2.28. The average Bonchev–Trinajstić information content (AvgIpc) is 3.41. The molecule has 0 saturated heterocycles. The van der Waals surface area contributed by atoms with Gasteiger partial charge in [0.15, 0.2) is 17.4 Å². The van der Waals surface area contributed by atoms with Crippen molar-refractivity contribution in [2.24, 2.45) is 11.1 Å². The molecule has 176 valence electrons. The van der Waals surface area contributed by atoms with Gasteiger partial charge in [0.05, 0.1) is 0 Å². The Kier molecular flexibility index (Phi) is 8.60. The molecular formula is C20H23ClFN7O3S. The molecule has 5 N–H and O–H groups in total. The number of tetrazole rings is 1. The zero-order valence-corrected chi connectivity index (χ0v) is 19.5. The summed E-state index contributed by atoms with van der Waals surface area (Å²) in [6.45, 7) is 3.98. The average molecular weight is 496 g/mol. The van der Waals surface area contributed by atoms with Gasteiger partial charge in [-0.2, -0.15) is 5.21 Å². The molecule has 2 heterocycles. The molecule has 0 spiro atoms. The second kappa shape index (κ2) is 11.0. The number of amidine groups is 1. The predicted octanol–water partition coefficient (Wildman–Crippen LogP) is 2.25.